The first-order valence-corrected chi connectivity index (χ1v) is 23.0. The predicted octanol–water partition coefficient (Wildman–Crippen LogP) is 16.9. The SMILES string of the molecule is [2H]C(C)(C)c1ccccc1-c1cc(Oc2ccc3c4ccccc4n(-c4cc(C(C)(C)C)ccn4)c3c2)cc(N2CN(c3c(-c4ccc(F)cc4)cccc3-c3ccc(F)cc3)c3ccccc32)c1. The molecule has 0 radical (unpaired) electrons. The van der Waals surface area contributed by atoms with Gasteiger partial charge in [-0.2, -0.15) is 0 Å². The van der Waals surface area contributed by atoms with Gasteiger partial charge in [-0.1, -0.05) is 132 Å². The van der Waals surface area contributed by atoms with Crippen LogP contribution in [0.1, 0.15) is 53.0 Å². The number of ether oxygens (including phenoxy) is 1. The highest BCUT2D eigenvalue weighted by Crippen LogP contribution is 2.51. The van der Waals surface area contributed by atoms with E-state index in [1.165, 1.54) is 29.8 Å². The van der Waals surface area contributed by atoms with E-state index < -0.39 is 5.89 Å². The van der Waals surface area contributed by atoms with Gasteiger partial charge in [0, 0.05) is 47.3 Å². The third-order valence-electron chi connectivity index (χ3n) is 13.1. The molecule has 0 aliphatic carbocycles. The van der Waals surface area contributed by atoms with Crippen LogP contribution in [0.2, 0.25) is 0 Å². The van der Waals surface area contributed by atoms with Crippen molar-refractivity contribution in [2.45, 2.75) is 45.9 Å². The van der Waals surface area contributed by atoms with E-state index in [0.717, 1.165) is 89.3 Å². The van der Waals surface area contributed by atoms with Gasteiger partial charge in [-0.25, -0.2) is 13.8 Å². The van der Waals surface area contributed by atoms with E-state index >= 15 is 0 Å². The third kappa shape index (κ3) is 7.73. The minimum absolute atomic E-state index is 0.0645. The summed E-state index contributed by atoms with van der Waals surface area (Å²) in [5.41, 5.74) is 13.2. The Kier molecular flexibility index (Phi) is 10.4. The molecule has 0 bridgehead atoms. The molecule has 0 unspecified atom stereocenters. The van der Waals surface area contributed by atoms with Crippen LogP contribution < -0.4 is 14.5 Å². The Hall–Kier alpha value is -8.03. The summed E-state index contributed by atoms with van der Waals surface area (Å²) in [4.78, 5) is 9.47. The first-order chi connectivity index (χ1) is 33.3. The second kappa shape index (κ2) is 17.0. The van der Waals surface area contributed by atoms with Crippen LogP contribution in [0.3, 0.4) is 0 Å². The average molecular weight is 894 g/mol. The Bertz CT molecular complexity index is 3510. The van der Waals surface area contributed by atoms with E-state index in [-0.39, 0.29) is 17.0 Å². The standard InChI is InChI=1S/C61H50F2N4O/c1-39(2)49-13-6-7-14-50(49)42-33-46(36-48(34-42)68-47-29-30-54-53-15-8-9-18-55(53)67(58(54)37-47)59-35-43(31-32-64-59)61(3,4)5)65-38-66(57-20-11-10-19-56(57)65)60-51(40-21-25-44(62)26-22-40)16-12-17-52(60)41-23-27-45(63)28-24-41/h6-37,39H,38H2,1-5H3/i39D. The molecule has 0 amide bonds. The maximum absolute atomic E-state index is 14.4. The molecule has 10 aromatic rings. The quantitative estimate of drug-likeness (QED) is 0.145. The molecule has 0 saturated carbocycles. The minimum atomic E-state index is -0.887. The van der Waals surface area contributed by atoms with Crippen molar-refractivity contribution in [3.05, 3.63) is 217 Å². The smallest absolute Gasteiger partial charge is 0.137 e. The summed E-state index contributed by atoms with van der Waals surface area (Å²) in [6.45, 7) is 10.9. The molecule has 0 fully saturated rings. The van der Waals surface area contributed by atoms with Gasteiger partial charge in [-0.3, -0.25) is 4.57 Å². The number of aromatic nitrogens is 2. The van der Waals surface area contributed by atoms with Crippen molar-refractivity contribution in [1.29, 1.82) is 0 Å². The Balaban J connectivity index is 1.07. The minimum Gasteiger partial charge on any atom is -0.457 e. The molecule has 0 spiro atoms. The molecule has 334 valence electrons. The van der Waals surface area contributed by atoms with Gasteiger partial charge >= 0.3 is 0 Å². The number of nitrogens with zero attached hydrogens (tertiary/aromatic N) is 4. The van der Waals surface area contributed by atoms with Crippen LogP contribution in [0.15, 0.2) is 194 Å². The number of halogens is 2. The summed E-state index contributed by atoms with van der Waals surface area (Å²) in [6, 6.07) is 61.0. The van der Waals surface area contributed by atoms with Crippen molar-refractivity contribution in [3.8, 4) is 50.7 Å². The normalized spacial score (nSPS) is 13.0. The van der Waals surface area contributed by atoms with Crippen molar-refractivity contribution in [3.63, 3.8) is 0 Å². The Morgan fingerprint density at radius 3 is 1.87 bits per heavy atom. The fourth-order valence-electron chi connectivity index (χ4n) is 9.71. The lowest BCUT2D eigenvalue weighted by Gasteiger charge is -2.27. The molecule has 8 aromatic carbocycles. The molecule has 68 heavy (non-hydrogen) atoms. The summed E-state index contributed by atoms with van der Waals surface area (Å²) < 4.78 is 47.3. The van der Waals surface area contributed by atoms with Crippen LogP contribution >= 0.6 is 0 Å². The summed E-state index contributed by atoms with van der Waals surface area (Å²) in [5.74, 6) is 0.617. The first-order valence-electron chi connectivity index (χ1n) is 23.5. The Morgan fingerprint density at radius 1 is 0.559 bits per heavy atom. The molecule has 0 saturated heterocycles. The number of para-hydroxylation sites is 4. The maximum Gasteiger partial charge on any atom is 0.137 e. The lowest BCUT2D eigenvalue weighted by atomic mass is 9.88. The molecule has 0 atom stereocenters. The second-order valence-electron chi connectivity index (χ2n) is 18.7. The fourth-order valence-corrected chi connectivity index (χ4v) is 9.71. The predicted molar refractivity (Wildman–Crippen MR) is 276 cm³/mol. The topological polar surface area (TPSA) is 33.5 Å². The number of hydrogen-bond acceptors (Lipinski definition) is 4. The van der Waals surface area contributed by atoms with Gasteiger partial charge in [0.05, 0.1) is 28.1 Å². The number of rotatable bonds is 9. The molecule has 1 aliphatic rings. The third-order valence-corrected chi connectivity index (χ3v) is 13.1. The molecule has 2 aromatic heterocycles. The van der Waals surface area contributed by atoms with E-state index in [1.54, 1.807) is 24.3 Å². The number of fused-ring (bicyclic) bond motifs is 4. The lowest BCUT2D eigenvalue weighted by molar-refractivity contribution is 0.483. The van der Waals surface area contributed by atoms with Gasteiger partial charge in [-0.15, -0.1) is 0 Å². The van der Waals surface area contributed by atoms with Gasteiger partial charge in [0.2, 0.25) is 0 Å². The average Bonchev–Trinajstić information content (AvgIpc) is 3.90. The first kappa shape index (κ1) is 41.4. The van der Waals surface area contributed by atoms with E-state index in [0.29, 0.717) is 18.2 Å². The molecule has 11 rings (SSSR count). The molecule has 7 heteroatoms. The summed E-state index contributed by atoms with van der Waals surface area (Å²) in [6.07, 6.45) is 1.89. The van der Waals surface area contributed by atoms with Crippen LogP contribution in [-0.4, -0.2) is 16.2 Å². The van der Waals surface area contributed by atoms with Gasteiger partial charge < -0.3 is 14.5 Å². The van der Waals surface area contributed by atoms with Crippen molar-refractivity contribution >= 4 is 44.6 Å². The summed E-state index contributed by atoms with van der Waals surface area (Å²) >= 11 is 0. The van der Waals surface area contributed by atoms with Crippen LogP contribution in [0.25, 0.3) is 61.0 Å². The highest BCUT2D eigenvalue weighted by atomic mass is 19.1. The maximum atomic E-state index is 14.4. The zero-order valence-electron chi connectivity index (χ0n) is 39.6. The van der Waals surface area contributed by atoms with Crippen molar-refractivity contribution in [2.75, 3.05) is 16.5 Å². The molecular weight excluding hydrogens is 843 g/mol. The van der Waals surface area contributed by atoms with E-state index in [1.807, 2.05) is 62.5 Å². The fraction of sp³-hybridized carbons (Fsp3) is 0.131. The highest BCUT2D eigenvalue weighted by molar-refractivity contribution is 6.09. The number of pyridine rings is 1. The second-order valence-corrected chi connectivity index (χ2v) is 18.7. The lowest BCUT2D eigenvalue weighted by Crippen LogP contribution is -2.25. The van der Waals surface area contributed by atoms with E-state index in [2.05, 4.69) is 132 Å². The molecular formula is C61H50F2N4O. The molecule has 3 heterocycles. The van der Waals surface area contributed by atoms with E-state index in [4.69, 9.17) is 9.72 Å². The Labute approximate surface area is 397 Å². The molecule has 1 aliphatic heterocycles. The molecule has 5 nitrogen and oxygen atoms in total. The zero-order chi connectivity index (χ0) is 47.6. The van der Waals surface area contributed by atoms with Gasteiger partial charge in [0.1, 0.15) is 35.6 Å². The summed E-state index contributed by atoms with van der Waals surface area (Å²) in [5, 5.41) is 2.22. The van der Waals surface area contributed by atoms with Crippen molar-refractivity contribution < 1.29 is 14.9 Å². The molecule has 0 N–H and O–H groups in total. The Morgan fingerprint density at radius 2 is 1.18 bits per heavy atom. The highest BCUT2D eigenvalue weighted by Gasteiger charge is 2.32. The number of anilines is 4. The number of hydrogen-bond donors (Lipinski definition) is 0. The van der Waals surface area contributed by atoms with Crippen LogP contribution in [0, 0.1) is 11.6 Å². The monoisotopic (exact) mass is 893 g/mol. The van der Waals surface area contributed by atoms with Crippen molar-refractivity contribution in [2.24, 2.45) is 0 Å². The zero-order valence-corrected chi connectivity index (χ0v) is 38.6. The summed E-state index contributed by atoms with van der Waals surface area (Å²) in [7, 11) is 0. The van der Waals surface area contributed by atoms with Crippen LogP contribution in [0.4, 0.5) is 31.5 Å². The van der Waals surface area contributed by atoms with E-state index in [9.17, 15) is 10.2 Å². The number of benzene rings is 8. The van der Waals surface area contributed by atoms with Gasteiger partial charge in [0.15, 0.2) is 0 Å². The van der Waals surface area contributed by atoms with Gasteiger partial charge in [-0.05, 0) is 124 Å². The van der Waals surface area contributed by atoms with Crippen molar-refractivity contribution in [1.82, 2.24) is 9.55 Å². The van der Waals surface area contributed by atoms with Crippen LogP contribution in [0.5, 0.6) is 11.5 Å². The van der Waals surface area contributed by atoms with Gasteiger partial charge in [0.25, 0.3) is 0 Å². The van der Waals surface area contributed by atoms with Crippen LogP contribution in [-0.2, 0) is 5.41 Å². The largest absolute Gasteiger partial charge is 0.457 e.